The third kappa shape index (κ3) is 1.88. The highest BCUT2D eigenvalue weighted by molar-refractivity contribution is 5.85. The number of phenolic OH excluding ortho intramolecular Hbond substituents is 1. The minimum atomic E-state index is 0. The molecule has 0 spiro atoms. The van der Waals surface area contributed by atoms with Crippen LogP contribution in [-0.4, -0.2) is 14.9 Å². The summed E-state index contributed by atoms with van der Waals surface area (Å²) in [6.07, 6.45) is 3.60. The smallest absolute Gasteiger partial charge is 0.123 e. The van der Waals surface area contributed by atoms with E-state index in [1.54, 1.807) is 23.0 Å². The number of phenols is 1. The molecule has 1 aromatic carbocycles. The van der Waals surface area contributed by atoms with Crippen LogP contribution in [0.1, 0.15) is 0 Å². The standard InChI is InChI=1S/C10H10N2O.ClH/c1-12-7-8(6-11-12)9-4-2-3-5-10(9)13;/h2-7,13H,1H3;1H. The van der Waals surface area contributed by atoms with Gasteiger partial charge < -0.3 is 5.11 Å². The maximum absolute atomic E-state index is 9.54. The van der Waals surface area contributed by atoms with E-state index in [-0.39, 0.29) is 18.2 Å². The zero-order valence-electron chi connectivity index (χ0n) is 7.71. The molecule has 0 fully saturated rings. The Balaban J connectivity index is 0.000000980. The number of aromatic nitrogens is 2. The van der Waals surface area contributed by atoms with E-state index in [2.05, 4.69) is 5.10 Å². The predicted molar refractivity (Wildman–Crippen MR) is 57.6 cm³/mol. The highest BCUT2D eigenvalue weighted by Gasteiger charge is 2.03. The maximum Gasteiger partial charge on any atom is 0.123 e. The number of aryl methyl sites for hydroxylation is 1. The van der Waals surface area contributed by atoms with Crippen molar-refractivity contribution in [2.45, 2.75) is 0 Å². The third-order valence-corrected chi connectivity index (χ3v) is 1.92. The molecule has 0 atom stereocenters. The Kier molecular flexibility index (Phi) is 3.14. The van der Waals surface area contributed by atoms with Crippen LogP contribution in [0.3, 0.4) is 0 Å². The molecule has 74 valence electrons. The lowest BCUT2D eigenvalue weighted by Crippen LogP contribution is -1.84. The van der Waals surface area contributed by atoms with Gasteiger partial charge in [-0.2, -0.15) is 5.10 Å². The summed E-state index contributed by atoms with van der Waals surface area (Å²) in [7, 11) is 1.85. The van der Waals surface area contributed by atoms with Crippen LogP contribution < -0.4 is 0 Å². The van der Waals surface area contributed by atoms with Crippen molar-refractivity contribution in [3.63, 3.8) is 0 Å². The van der Waals surface area contributed by atoms with Crippen LogP contribution in [0.4, 0.5) is 0 Å². The summed E-state index contributed by atoms with van der Waals surface area (Å²) in [6, 6.07) is 7.23. The number of aromatic hydroxyl groups is 1. The molecule has 2 rings (SSSR count). The predicted octanol–water partition coefficient (Wildman–Crippen LogP) is 2.21. The number of nitrogens with zero attached hydrogens (tertiary/aromatic N) is 2. The first-order valence-corrected chi connectivity index (χ1v) is 4.04. The van der Waals surface area contributed by atoms with Gasteiger partial charge in [-0.1, -0.05) is 18.2 Å². The van der Waals surface area contributed by atoms with Crippen LogP contribution in [0.15, 0.2) is 36.7 Å². The van der Waals surface area contributed by atoms with Gasteiger partial charge in [0.25, 0.3) is 0 Å². The van der Waals surface area contributed by atoms with Gasteiger partial charge in [-0.25, -0.2) is 0 Å². The summed E-state index contributed by atoms with van der Waals surface area (Å²) < 4.78 is 1.71. The summed E-state index contributed by atoms with van der Waals surface area (Å²) in [6.45, 7) is 0. The normalized spacial score (nSPS) is 9.50. The molecule has 0 aliphatic carbocycles. The second-order valence-electron chi connectivity index (χ2n) is 2.92. The molecule has 0 amide bonds. The molecule has 1 aromatic heterocycles. The first-order valence-electron chi connectivity index (χ1n) is 4.04. The van der Waals surface area contributed by atoms with E-state index < -0.39 is 0 Å². The number of hydrogen-bond donors (Lipinski definition) is 1. The summed E-state index contributed by atoms with van der Waals surface area (Å²) in [5.74, 6) is 0.288. The highest BCUT2D eigenvalue weighted by atomic mass is 35.5. The van der Waals surface area contributed by atoms with Crippen LogP contribution in [-0.2, 0) is 7.05 Å². The third-order valence-electron chi connectivity index (χ3n) is 1.92. The van der Waals surface area contributed by atoms with Crippen LogP contribution in [0.25, 0.3) is 11.1 Å². The van der Waals surface area contributed by atoms with E-state index in [1.165, 1.54) is 0 Å². The molecule has 2 aromatic rings. The lowest BCUT2D eigenvalue weighted by atomic mass is 10.1. The lowest BCUT2D eigenvalue weighted by molar-refractivity contribution is 0.477. The SMILES string of the molecule is Cl.Cn1cc(-c2ccccc2O)cn1. The van der Waals surface area contributed by atoms with Gasteiger partial charge in [-0.3, -0.25) is 4.68 Å². The highest BCUT2D eigenvalue weighted by Crippen LogP contribution is 2.27. The number of rotatable bonds is 1. The van der Waals surface area contributed by atoms with Gasteiger partial charge in [0.05, 0.1) is 6.20 Å². The molecule has 0 saturated heterocycles. The van der Waals surface area contributed by atoms with Crippen molar-refractivity contribution >= 4 is 12.4 Å². The summed E-state index contributed by atoms with van der Waals surface area (Å²) >= 11 is 0. The van der Waals surface area contributed by atoms with Gasteiger partial charge in [-0.05, 0) is 6.07 Å². The lowest BCUT2D eigenvalue weighted by Gasteiger charge is -1.99. The van der Waals surface area contributed by atoms with Crippen molar-refractivity contribution in [1.29, 1.82) is 0 Å². The Morgan fingerprint density at radius 1 is 1.29 bits per heavy atom. The average molecular weight is 211 g/mol. The van der Waals surface area contributed by atoms with Crippen molar-refractivity contribution in [1.82, 2.24) is 9.78 Å². The summed E-state index contributed by atoms with van der Waals surface area (Å²) in [5, 5.41) is 13.6. The van der Waals surface area contributed by atoms with Crippen LogP contribution in [0, 0.1) is 0 Å². The fourth-order valence-electron chi connectivity index (χ4n) is 1.28. The van der Waals surface area contributed by atoms with E-state index in [1.807, 2.05) is 25.4 Å². The van der Waals surface area contributed by atoms with Crippen molar-refractivity contribution in [3.05, 3.63) is 36.7 Å². The van der Waals surface area contributed by atoms with E-state index >= 15 is 0 Å². The van der Waals surface area contributed by atoms with E-state index in [0.29, 0.717) is 0 Å². The molecular weight excluding hydrogens is 200 g/mol. The molecule has 14 heavy (non-hydrogen) atoms. The second-order valence-corrected chi connectivity index (χ2v) is 2.92. The molecule has 3 nitrogen and oxygen atoms in total. The van der Waals surface area contributed by atoms with Gasteiger partial charge in [0, 0.05) is 24.4 Å². The topological polar surface area (TPSA) is 38.0 Å². The molecule has 1 heterocycles. The Morgan fingerprint density at radius 2 is 2.00 bits per heavy atom. The molecule has 1 N–H and O–H groups in total. The number of benzene rings is 1. The Hall–Kier alpha value is -1.48. The summed E-state index contributed by atoms with van der Waals surface area (Å²) in [4.78, 5) is 0. The first kappa shape index (κ1) is 10.6. The van der Waals surface area contributed by atoms with Crippen molar-refractivity contribution in [3.8, 4) is 16.9 Å². The Morgan fingerprint density at radius 3 is 2.57 bits per heavy atom. The molecule has 0 radical (unpaired) electrons. The van der Waals surface area contributed by atoms with Crippen LogP contribution in [0.2, 0.25) is 0 Å². The monoisotopic (exact) mass is 210 g/mol. The molecule has 0 unspecified atom stereocenters. The molecule has 0 bridgehead atoms. The van der Waals surface area contributed by atoms with Crippen molar-refractivity contribution < 1.29 is 5.11 Å². The zero-order chi connectivity index (χ0) is 9.26. The molecule has 0 aliphatic heterocycles. The quantitative estimate of drug-likeness (QED) is 0.784. The van der Waals surface area contributed by atoms with Gasteiger partial charge >= 0.3 is 0 Å². The Bertz CT molecular complexity index is 426. The van der Waals surface area contributed by atoms with Crippen LogP contribution in [0.5, 0.6) is 5.75 Å². The second kappa shape index (κ2) is 4.15. The van der Waals surface area contributed by atoms with Gasteiger partial charge in [0.15, 0.2) is 0 Å². The van der Waals surface area contributed by atoms with E-state index in [9.17, 15) is 5.11 Å². The number of hydrogen-bond acceptors (Lipinski definition) is 2. The maximum atomic E-state index is 9.54. The fraction of sp³-hybridized carbons (Fsp3) is 0.100. The largest absolute Gasteiger partial charge is 0.507 e. The first-order chi connectivity index (χ1) is 6.27. The van der Waals surface area contributed by atoms with Gasteiger partial charge in [0.1, 0.15) is 5.75 Å². The van der Waals surface area contributed by atoms with Crippen molar-refractivity contribution in [2.24, 2.45) is 7.05 Å². The van der Waals surface area contributed by atoms with E-state index in [0.717, 1.165) is 11.1 Å². The molecular formula is C10H11ClN2O. The summed E-state index contributed by atoms with van der Waals surface area (Å²) in [5.41, 5.74) is 1.75. The Labute approximate surface area is 88.4 Å². The molecule has 0 saturated carbocycles. The minimum absolute atomic E-state index is 0. The fourth-order valence-corrected chi connectivity index (χ4v) is 1.28. The number of para-hydroxylation sites is 1. The minimum Gasteiger partial charge on any atom is -0.507 e. The average Bonchev–Trinajstić information content (AvgIpc) is 2.53. The molecule has 0 aliphatic rings. The number of halogens is 1. The van der Waals surface area contributed by atoms with Crippen molar-refractivity contribution in [2.75, 3.05) is 0 Å². The van der Waals surface area contributed by atoms with E-state index in [4.69, 9.17) is 0 Å². The molecule has 4 heteroatoms. The zero-order valence-corrected chi connectivity index (χ0v) is 8.53. The van der Waals surface area contributed by atoms with Gasteiger partial charge in [-0.15, -0.1) is 12.4 Å². The van der Waals surface area contributed by atoms with Gasteiger partial charge in [0.2, 0.25) is 0 Å². The van der Waals surface area contributed by atoms with Crippen LogP contribution >= 0.6 is 12.4 Å².